The molecule has 0 spiro atoms. The Hall–Kier alpha value is -2.91. The third kappa shape index (κ3) is 4.81. The van der Waals surface area contributed by atoms with Crippen LogP contribution in [0.15, 0.2) is 39.6 Å². The van der Waals surface area contributed by atoms with Gasteiger partial charge in [0.1, 0.15) is 6.61 Å². The Morgan fingerprint density at radius 2 is 2.03 bits per heavy atom. The first-order valence-corrected chi connectivity index (χ1v) is 12.2. The van der Waals surface area contributed by atoms with Gasteiger partial charge in [0, 0.05) is 38.7 Å². The van der Waals surface area contributed by atoms with Crippen LogP contribution in [0.1, 0.15) is 43.2 Å². The second-order valence-corrected chi connectivity index (χ2v) is 9.57. The minimum Gasteiger partial charge on any atom is -0.377 e. The number of carbonyl (C=O) groups excluding carboxylic acids is 1. The van der Waals surface area contributed by atoms with Crippen LogP contribution in [0.2, 0.25) is 0 Å². The van der Waals surface area contributed by atoms with E-state index in [4.69, 9.17) is 9.26 Å². The molecule has 0 unspecified atom stereocenters. The molecule has 0 saturated carbocycles. The second-order valence-electron chi connectivity index (χ2n) is 9.57. The number of fused-ring (bicyclic) bond motifs is 1. The minimum atomic E-state index is -0.0648. The highest BCUT2D eigenvalue weighted by molar-refractivity contribution is 5.77. The van der Waals surface area contributed by atoms with Crippen molar-refractivity contribution in [2.75, 3.05) is 33.3 Å². The fourth-order valence-electron chi connectivity index (χ4n) is 5.58. The lowest BCUT2D eigenvalue weighted by molar-refractivity contribution is -0.134. The number of para-hydroxylation sites is 2. The average molecular weight is 468 g/mol. The Labute approximate surface area is 198 Å². The number of ether oxygens (including phenoxy) is 1. The molecule has 2 aliphatic rings. The number of amides is 1. The lowest BCUT2D eigenvalue weighted by atomic mass is 9.81. The zero-order valence-corrected chi connectivity index (χ0v) is 19.7. The van der Waals surface area contributed by atoms with Crippen LogP contribution in [-0.2, 0) is 22.6 Å². The van der Waals surface area contributed by atoms with Gasteiger partial charge in [-0.05, 0) is 62.7 Å². The largest absolute Gasteiger partial charge is 0.377 e. The van der Waals surface area contributed by atoms with Gasteiger partial charge in [-0.3, -0.25) is 9.36 Å². The highest BCUT2D eigenvalue weighted by Crippen LogP contribution is 2.29. The van der Waals surface area contributed by atoms with E-state index in [1.54, 1.807) is 7.11 Å². The summed E-state index contributed by atoms with van der Waals surface area (Å²) < 4.78 is 12.3. The van der Waals surface area contributed by atoms with Gasteiger partial charge in [0.2, 0.25) is 5.91 Å². The van der Waals surface area contributed by atoms with E-state index in [1.165, 1.54) is 0 Å². The van der Waals surface area contributed by atoms with Crippen molar-refractivity contribution in [2.24, 2.45) is 11.8 Å². The Bertz CT molecular complexity index is 1170. The number of piperidine rings is 2. The highest BCUT2D eigenvalue weighted by Gasteiger charge is 2.31. The van der Waals surface area contributed by atoms with E-state index in [9.17, 15) is 9.59 Å². The van der Waals surface area contributed by atoms with E-state index in [0.29, 0.717) is 38.0 Å². The van der Waals surface area contributed by atoms with E-state index in [2.05, 4.69) is 15.5 Å². The Balaban J connectivity index is 1.18. The summed E-state index contributed by atoms with van der Waals surface area (Å²) in [5.41, 5.74) is 2.66. The molecule has 0 aliphatic carbocycles. The first-order valence-electron chi connectivity index (χ1n) is 12.2. The van der Waals surface area contributed by atoms with E-state index in [-0.39, 0.29) is 17.6 Å². The molecule has 1 amide bonds. The van der Waals surface area contributed by atoms with Gasteiger partial charge in [-0.25, -0.2) is 4.79 Å². The van der Waals surface area contributed by atoms with Crippen LogP contribution in [-0.4, -0.2) is 58.8 Å². The van der Waals surface area contributed by atoms with Gasteiger partial charge in [0.25, 0.3) is 0 Å². The summed E-state index contributed by atoms with van der Waals surface area (Å²) in [4.78, 5) is 30.7. The van der Waals surface area contributed by atoms with Gasteiger partial charge in [-0.15, -0.1) is 0 Å². The monoisotopic (exact) mass is 467 g/mol. The number of aromatic nitrogens is 3. The molecule has 2 N–H and O–H groups in total. The average Bonchev–Trinajstić information content (AvgIpc) is 3.43. The molecular weight excluding hydrogens is 434 g/mol. The molecule has 34 heavy (non-hydrogen) atoms. The lowest BCUT2D eigenvalue weighted by Gasteiger charge is -2.36. The lowest BCUT2D eigenvalue weighted by Crippen LogP contribution is -2.44. The summed E-state index contributed by atoms with van der Waals surface area (Å²) in [5.74, 6) is 1.62. The zero-order valence-electron chi connectivity index (χ0n) is 19.7. The van der Waals surface area contributed by atoms with E-state index < -0.39 is 0 Å². The standard InChI is InChI=1S/C25H33N5O4/c1-33-16-21-14-19(28-34-21)12-18-15-26-9-6-17(18)13-24(31)29-10-7-20(8-11-29)30-23-5-3-2-4-22(23)27-25(30)32/h2-5,14,17-18,20,26H,6-13,15-16H2,1H3,(H,27,32)/t17-,18-/m0/s1. The van der Waals surface area contributed by atoms with Crippen LogP contribution in [0.25, 0.3) is 11.0 Å². The number of nitrogens with zero attached hydrogens (tertiary/aromatic N) is 3. The van der Waals surface area contributed by atoms with Crippen LogP contribution in [0.5, 0.6) is 0 Å². The fourth-order valence-corrected chi connectivity index (χ4v) is 5.58. The van der Waals surface area contributed by atoms with E-state index in [0.717, 1.165) is 61.3 Å². The predicted octanol–water partition coefficient (Wildman–Crippen LogP) is 2.49. The maximum Gasteiger partial charge on any atom is 0.326 e. The van der Waals surface area contributed by atoms with Gasteiger partial charge in [-0.2, -0.15) is 0 Å². The molecule has 0 radical (unpaired) electrons. The van der Waals surface area contributed by atoms with Crippen molar-refractivity contribution in [3.63, 3.8) is 0 Å². The Morgan fingerprint density at radius 1 is 1.21 bits per heavy atom. The molecule has 1 aromatic carbocycles. The van der Waals surface area contributed by atoms with Gasteiger partial charge >= 0.3 is 5.69 Å². The number of nitrogens with one attached hydrogen (secondary N) is 2. The van der Waals surface area contributed by atoms with Crippen molar-refractivity contribution in [3.8, 4) is 0 Å². The minimum absolute atomic E-state index is 0.0648. The third-order valence-electron chi connectivity index (χ3n) is 7.37. The SMILES string of the molecule is COCc1cc(C[C@H]2CNCC[C@H]2CC(=O)N2CCC(n3c(=O)[nH]c4ccccc43)CC2)no1. The van der Waals surface area contributed by atoms with Crippen molar-refractivity contribution in [1.29, 1.82) is 0 Å². The topological polar surface area (TPSA) is 105 Å². The molecule has 9 nitrogen and oxygen atoms in total. The first-order chi connectivity index (χ1) is 16.6. The predicted molar refractivity (Wildman–Crippen MR) is 127 cm³/mol. The number of aromatic amines is 1. The van der Waals surface area contributed by atoms with Crippen LogP contribution < -0.4 is 11.0 Å². The smallest absolute Gasteiger partial charge is 0.326 e. The quantitative estimate of drug-likeness (QED) is 0.553. The Kier molecular flexibility index (Phi) is 6.82. The first kappa shape index (κ1) is 22.9. The number of hydrogen-bond acceptors (Lipinski definition) is 6. The molecule has 3 aromatic rings. The third-order valence-corrected chi connectivity index (χ3v) is 7.37. The molecule has 2 atom stereocenters. The number of imidazole rings is 1. The van der Waals surface area contributed by atoms with Gasteiger partial charge in [-0.1, -0.05) is 17.3 Å². The van der Waals surface area contributed by atoms with Crippen molar-refractivity contribution in [1.82, 2.24) is 24.9 Å². The molecule has 0 bridgehead atoms. The van der Waals surface area contributed by atoms with Crippen molar-refractivity contribution < 1.29 is 14.1 Å². The van der Waals surface area contributed by atoms with Crippen LogP contribution in [0.3, 0.4) is 0 Å². The number of likely N-dealkylation sites (tertiary alicyclic amines) is 1. The number of carbonyl (C=O) groups is 1. The summed E-state index contributed by atoms with van der Waals surface area (Å²) in [6, 6.07) is 9.87. The second kappa shape index (κ2) is 10.1. The molecule has 2 fully saturated rings. The summed E-state index contributed by atoms with van der Waals surface area (Å²) in [7, 11) is 1.64. The van der Waals surface area contributed by atoms with Crippen LogP contribution >= 0.6 is 0 Å². The molecule has 2 aromatic heterocycles. The highest BCUT2D eigenvalue weighted by atomic mass is 16.5. The normalized spacial score (nSPS) is 21.9. The summed E-state index contributed by atoms with van der Waals surface area (Å²) in [6.07, 6.45) is 3.94. The Morgan fingerprint density at radius 3 is 2.85 bits per heavy atom. The number of methoxy groups -OCH3 is 1. The zero-order chi connectivity index (χ0) is 23.5. The number of benzene rings is 1. The molecule has 9 heteroatoms. The van der Waals surface area contributed by atoms with Crippen LogP contribution in [0.4, 0.5) is 0 Å². The number of H-pyrrole nitrogens is 1. The van der Waals surface area contributed by atoms with Gasteiger partial charge < -0.3 is 24.5 Å². The maximum absolute atomic E-state index is 13.2. The van der Waals surface area contributed by atoms with Crippen molar-refractivity contribution >= 4 is 16.9 Å². The number of rotatable bonds is 7. The van der Waals surface area contributed by atoms with Crippen molar-refractivity contribution in [2.45, 2.75) is 44.8 Å². The fraction of sp³-hybridized carbons (Fsp3) is 0.560. The molecule has 2 saturated heterocycles. The van der Waals surface area contributed by atoms with Gasteiger partial charge in [0.05, 0.1) is 16.7 Å². The number of hydrogen-bond donors (Lipinski definition) is 2. The molecule has 5 rings (SSSR count). The van der Waals surface area contributed by atoms with E-state index in [1.807, 2.05) is 39.8 Å². The summed E-state index contributed by atoms with van der Waals surface area (Å²) >= 11 is 0. The van der Waals surface area contributed by atoms with E-state index >= 15 is 0 Å². The molecule has 4 heterocycles. The maximum atomic E-state index is 13.2. The van der Waals surface area contributed by atoms with Gasteiger partial charge in [0.15, 0.2) is 5.76 Å². The van der Waals surface area contributed by atoms with Crippen LogP contribution in [0, 0.1) is 11.8 Å². The van der Waals surface area contributed by atoms with Crippen molar-refractivity contribution in [3.05, 3.63) is 52.3 Å². The summed E-state index contributed by atoms with van der Waals surface area (Å²) in [5, 5.41) is 7.65. The summed E-state index contributed by atoms with van der Waals surface area (Å²) in [6.45, 7) is 3.62. The molecule has 182 valence electrons. The molecule has 2 aliphatic heterocycles. The molecular formula is C25H33N5O4.